The summed E-state index contributed by atoms with van der Waals surface area (Å²) >= 11 is 0. The Balaban J connectivity index is 2.75. The van der Waals surface area contributed by atoms with Crippen LogP contribution in [0, 0.1) is 13.8 Å². The van der Waals surface area contributed by atoms with Crippen molar-refractivity contribution in [1.29, 1.82) is 0 Å². The van der Waals surface area contributed by atoms with Gasteiger partial charge in [0.2, 0.25) is 0 Å². The van der Waals surface area contributed by atoms with E-state index in [4.69, 9.17) is 9.47 Å². The van der Waals surface area contributed by atoms with Gasteiger partial charge in [0.1, 0.15) is 11.3 Å². The van der Waals surface area contributed by atoms with E-state index in [9.17, 15) is 4.79 Å². The van der Waals surface area contributed by atoms with Crippen molar-refractivity contribution in [3.8, 4) is 5.75 Å². The molecular formula is C17H27NO3. The number of benzene rings is 1. The number of esters is 1. The minimum Gasteiger partial charge on any atom is -0.491 e. The molecule has 1 N–H and O–H groups in total. The highest BCUT2D eigenvalue weighted by molar-refractivity contribution is 5.80. The van der Waals surface area contributed by atoms with Crippen molar-refractivity contribution in [2.24, 2.45) is 0 Å². The highest BCUT2D eigenvalue weighted by Gasteiger charge is 2.35. The normalized spacial score (nSPS) is 15.1. The summed E-state index contributed by atoms with van der Waals surface area (Å²) in [5.74, 6) is 0.564. The summed E-state index contributed by atoms with van der Waals surface area (Å²) < 4.78 is 10.8. The van der Waals surface area contributed by atoms with Crippen LogP contribution in [-0.4, -0.2) is 31.3 Å². The van der Waals surface area contributed by atoms with Gasteiger partial charge in [-0.15, -0.1) is 0 Å². The average molecular weight is 293 g/mol. The molecule has 2 unspecified atom stereocenters. The molecule has 4 heteroatoms. The lowest BCUT2D eigenvalue weighted by Gasteiger charge is -2.30. The molecule has 0 fully saturated rings. The number of methoxy groups -OCH3 is 1. The molecule has 0 saturated carbocycles. The van der Waals surface area contributed by atoms with E-state index < -0.39 is 5.54 Å². The first kappa shape index (κ1) is 17.5. The highest BCUT2D eigenvalue weighted by atomic mass is 16.5. The third-order valence-electron chi connectivity index (χ3n) is 3.71. The summed E-state index contributed by atoms with van der Waals surface area (Å²) in [7, 11) is 1.41. The standard InChI is InChI=1S/C17H27NO3/c1-7-18-17(5,16(19)20-6)11-14(4)21-15-9-8-12(2)13(3)10-15/h8-10,14,18H,7,11H2,1-6H3. The van der Waals surface area contributed by atoms with E-state index in [2.05, 4.69) is 19.2 Å². The average Bonchev–Trinajstić information content (AvgIpc) is 2.42. The first-order valence-electron chi connectivity index (χ1n) is 7.39. The number of ether oxygens (including phenoxy) is 2. The molecule has 1 aromatic rings. The fraction of sp³-hybridized carbons (Fsp3) is 0.588. The second-order valence-corrected chi connectivity index (χ2v) is 5.73. The Kier molecular flexibility index (Phi) is 6.21. The third-order valence-corrected chi connectivity index (χ3v) is 3.71. The third kappa shape index (κ3) is 4.74. The van der Waals surface area contributed by atoms with Crippen LogP contribution in [0.5, 0.6) is 5.75 Å². The van der Waals surface area contributed by atoms with Gasteiger partial charge < -0.3 is 14.8 Å². The summed E-state index contributed by atoms with van der Waals surface area (Å²) in [6.07, 6.45) is 0.440. The van der Waals surface area contributed by atoms with Crippen molar-refractivity contribution < 1.29 is 14.3 Å². The quantitative estimate of drug-likeness (QED) is 0.785. The highest BCUT2D eigenvalue weighted by Crippen LogP contribution is 2.22. The Bertz CT molecular complexity index is 487. The van der Waals surface area contributed by atoms with Crippen molar-refractivity contribution in [1.82, 2.24) is 5.32 Å². The van der Waals surface area contributed by atoms with Gasteiger partial charge in [-0.05, 0) is 57.5 Å². The van der Waals surface area contributed by atoms with Gasteiger partial charge in [-0.1, -0.05) is 13.0 Å². The molecule has 4 nitrogen and oxygen atoms in total. The SMILES string of the molecule is CCNC(C)(CC(C)Oc1ccc(C)c(C)c1)C(=O)OC. The van der Waals surface area contributed by atoms with Gasteiger partial charge in [0, 0.05) is 6.42 Å². The lowest BCUT2D eigenvalue weighted by molar-refractivity contribution is -0.149. The van der Waals surface area contributed by atoms with Gasteiger partial charge in [-0.3, -0.25) is 4.79 Å². The van der Waals surface area contributed by atoms with E-state index in [1.165, 1.54) is 18.2 Å². The molecule has 0 radical (unpaired) electrons. The Hall–Kier alpha value is -1.55. The zero-order chi connectivity index (χ0) is 16.0. The van der Waals surface area contributed by atoms with Crippen molar-refractivity contribution in [2.45, 2.75) is 52.7 Å². The fourth-order valence-electron chi connectivity index (χ4n) is 2.48. The van der Waals surface area contributed by atoms with Crippen LogP contribution in [0.1, 0.15) is 38.3 Å². The Morgan fingerprint density at radius 3 is 2.52 bits per heavy atom. The van der Waals surface area contributed by atoms with Crippen molar-refractivity contribution in [2.75, 3.05) is 13.7 Å². The lowest BCUT2D eigenvalue weighted by Crippen LogP contribution is -2.52. The second-order valence-electron chi connectivity index (χ2n) is 5.73. The monoisotopic (exact) mass is 293 g/mol. The maximum absolute atomic E-state index is 12.0. The van der Waals surface area contributed by atoms with Gasteiger partial charge in [-0.25, -0.2) is 0 Å². The minimum absolute atomic E-state index is 0.102. The molecule has 0 aliphatic heterocycles. The Morgan fingerprint density at radius 2 is 2.00 bits per heavy atom. The smallest absolute Gasteiger partial charge is 0.325 e. The van der Waals surface area contributed by atoms with Crippen LogP contribution in [-0.2, 0) is 9.53 Å². The summed E-state index contributed by atoms with van der Waals surface area (Å²) in [6, 6.07) is 6.03. The summed E-state index contributed by atoms with van der Waals surface area (Å²) in [6.45, 7) is 10.6. The lowest BCUT2D eigenvalue weighted by atomic mass is 9.94. The number of nitrogens with one attached hydrogen (secondary N) is 1. The number of aryl methyl sites for hydroxylation is 2. The predicted molar refractivity (Wildman–Crippen MR) is 84.7 cm³/mol. The molecule has 0 aliphatic carbocycles. The summed E-state index contributed by atoms with van der Waals surface area (Å²) in [4.78, 5) is 12.0. The van der Waals surface area contributed by atoms with E-state index in [-0.39, 0.29) is 12.1 Å². The zero-order valence-electron chi connectivity index (χ0n) is 13.9. The van der Waals surface area contributed by atoms with Crippen LogP contribution in [0.15, 0.2) is 18.2 Å². The van der Waals surface area contributed by atoms with Crippen LogP contribution >= 0.6 is 0 Å². The molecule has 1 aromatic carbocycles. The molecule has 0 heterocycles. The molecule has 118 valence electrons. The maximum atomic E-state index is 12.0. The summed E-state index contributed by atoms with van der Waals surface area (Å²) in [5, 5.41) is 3.19. The topological polar surface area (TPSA) is 47.6 Å². The van der Waals surface area contributed by atoms with E-state index >= 15 is 0 Å². The van der Waals surface area contributed by atoms with Gasteiger partial charge >= 0.3 is 5.97 Å². The number of carbonyl (C=O) groups is 1. The Morgan fingerprint density at radius 1 is 1.33 bits per heavy atom. The molecule has 0 spiro atoms. The van der Waals surface area contributed by atoms with Crippen LogP contribution in [0.3, 0.4) is 0 Å². The van der Waals surface area contributed by atoms with Gasteiger partial charge in [0.05, 0.1) is 13.2 Å². The number of likely N-dealkylation sites (N-methyl/N-ethyl adjacent to an activating group) is 1. The maximum Gasteiger partial charge on any atom is 0.325 e. The van der Waals surface area contributed by atoms with Crippen molar-refractivity contribution in [3.63, 3.8) is 0 Å². The van der Waals surface area contributed by atoms with E-state index in [0.717, 1.165) is 5.75 Å². The molecule has 0 aliphatic rings. The molecular weight excluding hydrogens is 266 g/mol. The largest absolute Gasteiger partial charge is 0.491 e. The molecule has 0 amide bonds. The first-order chi connectivity index (χ1) is 9.82. The number of hydrogen-bond acceptors (Lipinski definition) is 4. The van der Waals surface area contributed by atoms with Crippen LogP contribution in [0.2, 0.25) is 0 Å². The minimum atomic E-state index is -0.733. The molecule has 0 aromatic heterocycles. The number of carbonyl (C=O) groups excluding carboxylic acids is 1. The first-order valence-corrected chi connectivity index (χ1v) is 7.39. The fourth-order valence-corrected chi connectivity index (χ4v) is 2.48. The van der Waals surface area contributed by atoms with Crippen molar-refractivity contribution >= 4 is 5.97 Å². The van der Waals surface area contributed by atoms with Gasteiger partial charge in [0.15, 0.2) is 0 Å². The molecule has 1 rings (SSSR count). The zero-order valence-corrected chi connectivity index (χ0v) is 13.9. The predicted octanol–water partition coefficient (Wildman–Crippen LogP) is 3.00. The summed E-state index contributed by atoms with van der Waals surface area (Å²) in [5.41, 5.74) is 1.70. The number of hydrogen-bond donors (Lipinski definition) is 1. The van der Waals surface area contributed by atoms with E-state index in [1.54, 1.807) is 0 Å². The van der Waals surface area contributed by atoms with Gasteiger partial charge in [0.25, 0.3) is 0 Å². The van der Waals surface area contributed by atoms with Crippen LogP contribution < -0.4 is 10.1 Å². The van der Waals surface area contributed by atoms with Gasteiger partial charge in [-0.2, -0.15) is 0 Å². The molecule has 0 bridgehead atoms. The number of rotatable bonds is 7. The van der Waals surface area contributed by atoms with Crippen LogP contribution in [0.25, 0.3) is 0 Å². The molecule has 21 heavy (non-hydrogen) atoms. The molecule has 0 saturated heterocycles. The second kappa shape index (κ2) is 7.46. The van der Waals surface area contributed by atoms with Crippen LogP contribution in [0.4, 0.5) is 0 Å². The van der Waals surface area contributed by atoms with E-state index in [0.29, 0.717) is 13.0 Å². The molecule has 2 atom stereocenters. The Labute approximate surface area is 127 Å². The van der Waals surface area contributed by atoms with Crippen molar-refractivity contribution in [3.05, 3.63) is 29.3 Å². The van der Waals surface area contributed by atoms with E-state index in [1.807, 2.05) is 39.0 Å².